The van der Waals surface area contributed by atoms with Crippen LogP contribution >= 0.6 is 12.4 Å². The second kappa shape index (κ2) is 7.65. The van der Waals surface area contributed by atoms with Crippen LogP contribution in [0.2, 0.25) is 0 Å². The number of likely N-dealkylation sites (N-methyl/N-ethyl adjacent to an activating group) is 1. The molecule has 0 atom stereocenters. The average molecular weight is 283 g/mol. The molecule has 6 nitrogen and oxygen atoms in total. The molecule has 0 aliphatic heterocycles. The first-order chi connectivity index (χ1) is 7.61. The molecular weight excluding hydrogens is 264 g/mol. The van der Waals surface area contributed by atoms with Gasteiger partial charge < -0.3 is 5.32 Å². The molecule has 1 aromatic rings. The van der Waals surface area contributed by atoms with Crippen molar-refractivity contribution in [3.8, 4) is 0 Å². The number of aryl methyl sites for hydroxylation is 1. The van der Waals surface area contributed by atoms with Crippen molar-refractivity contribution in [2.75, 3.05) is 19.6 Å². The van der Waals surface area contributed by atoms with Crippen LogP contribution in [0.15, 0.2) is 17.3 Å². The van der Waals surface area contributed by atoms with Gasteiger partial charge in [0.05, 0.1) is 6.20 Å². The van der Waals surface area contributed by atoms with Crippen LogP contribution in [0.4, 0.5) is 0 Å². The molecule has 0 aliphatic carbocycles. The highest BCUT2D eigenvalue weighted by atomic mass is 35.5. The van der Waals surface area contributed by atoms with Crippen LogP contribution in [-0.2, 0) is 16.6 Å². The maximum Gasteiger partial charge on any atom is 0.257 e. The van der Waals surface area contributed by atoms with Gasteiger partial charge in [-0.1, -0.05) is 6.92 Å². The van der Waals surface area contributed by atoms with Gasteiger partial charge in [0.15, 0.2) is 5.03 Å². The van der Waals surface area contributed by atoms with Crippen molar-refractivity contribution in [3.05, 3.63) is 12.3 Å². The number of hydrogen-bond acceptors (Lipinski definition) is 4. The molecular formula is C9H19ClN4O2S. The molecule has 1 rings (SSSR count). The van der Waals surface area contributed by atoms with E-state index in [1.54, 1.807) is 0 Å². The largest absolute Gasteiger partial charge is 0.316 e. The Hall–Kier alpha value is -0.630. The van der Waals surface area contributed by atoms with Gasteiger partial charge in [-0.05, 0) is 19.5 Å². The molecule has 0 unspecified atom stereocenters. The van der Waals surface area contributed by atoms with Crippen LogP contribution in [0.5, 0.6) is 0 Å². The summed E-state index contributed by atoms with van der Waals surface area (Å²) < 4.78 is 27.6. The van der Waals surface area contributed by atoms with Crippen LogP contribution in [0.25, 0.3) is 0 Å². The fourth-order valence-electron chi connectivity index (χ4n) is 1.31. The lowest BCUT2D eigenvalue weighted by Crippen LogP contribution is -2.32. The summed E-state index contributed by atoms with van der Waals surface area (Å²) in [6.07, 6.45) is 1.49. The summed E-state index contributed by atoms with van der Waals surface area (Å²) in [6, 6.07) is 1.50. The Balaban J connectivity index is 0.00000256. The molecule has 0 saturated carbocycles. The molecule has 1 aromatic heterocycles. The van der Waals surface area contributed by atoms with E-state index >= 15 is 0 Å². The van der Waals surface area contributed by atoms with Crippen molar-refractivity contribution in [1.29, 1.82) is 0 Å². The van der Waals surface area contributed by atoms with Crippen molar-refractivity contribution < 1.29 is 8.42 Å². The van der Waals surface area contributed by atoms with E-state index in [4.69, 9.17) is 0 Å². The molecule has 0 fully saturated rings. The van der Waals surface area contributed by atoms with E-state index in [0.717, 1.165) is 6.54 Å². The SMILES string of the molecule is CCNCCNS(=O)(=O)c1ccnn1CC.Cl. The van der Waals surface area contributed by atoms with E-state index in [2.05, 4.69) is 15.1 Å². The molecule has 2 N–H and O–H groups in total. The van der Waals surface area contributed by atoms with Gasteiger partial charge >= 0.3 is 0 Å². The van der Waals surface area contributed by atoms with Gasteiger partial charge in [-0.2, -0.15) is 5.10 Å². The fourth-order valence-corrected chi connectivity index (χ4v) is 2.52. The van der Waals surface area contributed by atoms with Gasteiger partial charge in [0.2, 0.25) is 0 Å². The Kier molecular flexibility index (Phi) is 7.37. The topological polar surface area (TPSA) is 76.0 Å². The smallest absolute Gasteiger partial charge is 0.257 e. The summed E-state index contributed by atoms with van der Waals surface area (Å²) in [5.41, 5.74) is 0. The number of aromatic nitrogens is 2. The van der Waals surface area contributed by atoms with Gasteiger partial charge in [0.1, 0.15) is 0 Å². The summed E-state index contributed by atoms with van der Waals surface area (Å²) in [6.45, 7) is 6.19. The van der Waals surface area contributed by atoms with Crippen molar-refractivity contribution in [2.24, 2.45) is 0 Å². The Morgan fingerprint density at radius 1 is 1.35 bits per heavy atom. The molecule has 0 spiro atoms. The molecule has 17 heavy (non-hydrogen) atoms. The predicted molar refractivity (Wildman–Crippen MR) is 68.9 cm³/mol. The first-order valence-corrected chi connectivity index (χ1v) is 6.82. The minimum absolute atomic E-state index is 0. The summed E-state index contributed by atoms with van der Waals surface area (Å²) in [5.74, 6) is 0. The number of sulfonamides is 1. The zero-order valence-electron chi connectivity index (χ0n) is 10.0. The van der Waals surface area contributed by atoms with Crippen LogP contribution in [-0.4, -0.2) is 37.8 Å². The second-order valence-corrected chi connectivity index (χ2v) is 4.95. The molecule has 100 valence electrons. The summed E-state index contributed by atoms with van der Waals surface area (Å²) in [5, 5.41) is 7.19. The quantitative estimate of drug-likeness (QED) is 0.701. The number of hydrogen-bond donors (Lipinski definition) is 2. The monoisotopic (exact) mass is 282 g/mol. The molecule has 0 amide bonds. The number of rotatable bonds is 7. The predicted octanol–water partition coefficient (Wildman–Crippen LogP) is 0.213. The zero-order chi connectivity index (χ0) is 12.0. The molecule has 0 saturated heterocycles. The maximum atomic E-state index is 11.8. The van der Waals surface area contributed by atoms with E-state index in [9.17, 15) is 8.42 Å². The molecule has 8 heteroatoms. The summed E-state index contributed by atoms with van der Waals surface area (Å²) >= 11 is 0. The number of nitrogens with zero attached hydrogens (tertiary/aromatic N) is 2. The van der Waals surface area contributed by atoms with Gasteiger partial charge in [-0.25, -0.2) is 13.1 Å². The van der Waals surface area contributed by atoms with Crippen molar-refractivity contribution in [2.45, 2.75) is 25.4 Å². The lowest BCUT2D eigenvalue weighted by Gasteiger charge is -2.08. The minimum Gasteiger partial charge on any atom is -0.316 e. The number of halogens is 1. The Bertz CT molecular complexity index is 418. The second-order valence-electron chi connectivity index (χ2n) is 3.24. The third-order valence-corrected chi connectivity index (χ3v) is 3.58. The Morgan fingerprint density at radius 2 is 2.06 bits per heavy atom. The molecule has 0 bridgehead atoms. The third kappa shape index (κ3) is 4.63. The molecule has 0 aromatic carbocycles. The lowest BCUT2D eigenvalue weighted by atomic mass is 10.6. The van der Waals surface area contributed by atoms with Crippen LogP contribution in [0.1, 0.15) is 13.8 Å². The Labute approximate surface area is 108 Å². The first kappa shape index (κ1) is 16.4. The van der Waals surface area contributed by atoms with Gasteiger partial charge in [0.25, 0.3) is 10.0 Å². The van der Waals surface area contributed by atoms with Crippen LogP contribution < -0.4 is 10.0 Å². The molecule has 1 heterocycles. The van der Waals surface area contributed by atoms with E-state index in [-0.39, 0.29) is 17.4 Å². The maximum absolute atomic E-state index is 11.8. The summed E-state index contributed by atoms with van der Waals surface area (Å²) in [4.78, 5) is 0. The zero-order valence-corrected chi connectivity index (χ0v) is 11.6. The normalized spacial score (nSPS) is 11.2. The highest BCUT2D eigenvalue weighted by molar-refractivity contribution is 7.89. The Morgan fingerprint density at radius 3 is 2.65 bits per heavy atom. The average Bonchev–Trinajstić information content (AvgIpc) is 2.73. The third-order valence-electron chi connectivity index (χ3n) is 2.10. The summed E-state index contributed by atoms with van der Waals surface area (Å²) in [7, 11) is -3.43. The highest BCUT2D eigenvalue weighted by Crippen LogP contribution is 2.06. The molecule has 0 aliphatic rings. The number of nitrogens with one attached hydrogen (secondary N) is 2. The van der Waals surface area contributed by atoms with E-state index < -0.39 is 10.0 Å². The van der Waals surface area contributed by atoms with Crippen LogP contribution in [0.3, 0.4) is 0 Å². The van der Waals surface area contributed by atoms with Gasteiger partial charge in [-0.3, -0.25) is 4.68 Å². The highest BCUT2D eigenvalue weighted by Gasteiger charge is 2.17. The fraction of sp³-hybridized carbons (Fsp3) is 0.667. The van der Waals surface area contributed by atoms with Gasteiger partial charge in [-0.15, -0.1) is 12.4 Å². The van der Waals surface area contributed by atoms with Crippen molar-refractivity contribution >= 4 is 22.4 Å². The standard InChI is InChI=1S/C9H18N4O2S.ClH/c1-3-10-7-8-12-16(14,15)9-5-6-11-13(9)4-2;/h5-6,10,12H,3-4,7-8H2,1-2H3;1H. The van der Waals surface area contributed by atoms with E-state index in [1.165, 1.54) is 16.9 Å². The minimum atomic E-state index is -3.43. The van der Waals surface area contributed by atoms with E-state index in [0.29, 0.717) is 19.6 Å². The van der Waals surface area contributed by atoms with Crippen LogP contribution in [0, 0.1) is 0 Å². The van der Waals surface area contributed by atoms with Gasteiger partial charge in [0, 0.05) is 19.6 Å². The van der Waals surface area contributed by atoms with E-state index in [1.807, 2.05) is 13.8 Å². The van der Waals surface area contributed by atoms with Crippen molar-refractivity contribution in [3.63, 3.8) is 0 Å². The molecule has 0 radical (unpaired) electrons. The lowest BCUT2D eigenvalue weighted by molar-refractivity contribution is 0.542. The van der Waals surface area contributed by atoms with Crippen molar-refractivity contribution in [1.82, 2.24) is 19.8 Å². The first-order valence-electron chi connectivity index (χ1n) is 5.34.